The largest absolute Gasteiger partial charge is 0.459 e. The molecule has 2 atom stereocenters. The number of fused-ring (bicyclic) bond motifs is 1. The topological polar surface area (TPSA) is 68.3 Å². The van der Waals surface area contributed by atoms with E-state index < -0.39 is 6.04 Å². The zero-order valence-corrected chi connectivity index (χ0v) is 15.4. The first-order chi connectivity index (χ1) is 11.5. The molecule has 3 N–H and O–H groups in total. The van der Waals surface area contributed by atoms with Crippen LogP contribution in [0.1, 0.15) is 41.5 Å². The average molecular weight is 359 g/mol. The summed E-state index contributed by atoms with van der Waals surface area (Å²) < 4.78 is 5.91. The minimum atomic E-state index is -0.697. The minimum absolute atomic E-state index is 0. The Balaban J connectivity index is 0.00000225. The molecule has 1 heterocycles. The number of nitrogens with two attached hydrogens (primary N) is 1. The summed E-state index contributed by atoms with van der Waals surface area (Å²) in [6.07, 6.45) is 0. The van der Waals surface area contributed by atoms with E-state index in [1.165, 1.54) is 0 Å². The molecule has 5 heteroatoms. The normalized spacial score (nSPS) is 13.1. The molecule has 4 nitrogen and oxygen atoms in total. The number of nitrogens with one attached hydrogen (secondary N) is 1. The van der Waals surface area contributed by atoms with Crippen molar-refractivity contribution in [2.45, 2.75) is 32.9 Å². The Hall–Kier alpha value is -2.30. The molecule has 1 aromatic heterocycles. The van der Waals surface area contributed by atoms with E-state index in [4.69, 9.17) is 10.2 Å². The van der Waals surface area contributed by atoms with E-state index in [2.05, 4.69) is 5.32 Å². The summed E-state index contributed by atoms with van der Waals surface area (Å²) in [5.74, 6) is 0.548. The van der Waals surface area contributed by atoms with Crippen LogP contribution in [0.25, 0.3) is 11.0 Å². The number of carbonyl (C=O) groups excluding carboxylic acids is 1. The second-order valence-electron chi connectivity index (χ2n) is 6.21. The van der Waals surface area contributed by atoms with Crippen molar-refractivity contribution in [1.29, 1.82) is 0 Å². The molecule has 0 spiro atoms. The van der Waals surface area contributed by atoms with Gasteiger partial charge >= 0.3 is 0 Å². The molecule has 0 fully saturated rings. The number of amides is 1. The first-order valence-electron chi connectivity index (χ1n) is 8.08. The van der Waals surface area contributed by atoms with Crippen LogP contribution in [0, 0.1) is 13.8 Å². The molecule has 3 rings (SSSR count). The van der Waals surface area contributed by atoms with Gasteiger partial charge in [-0.3, -0.25) is 4.79 Å². The summed E-state index contributed by atoms with van der Waals surface area (Å²) in [5, 5.41) is 4.02. The standard InChI is InChI=1S/C20H22N2O2.ClH/c1-12-8-10-15(11-9-12)18(21)20(23)22-14(3)19-13(2)16-6-4-5-7-17(16)24-19;/h4-11,14,18H,21H2,1-3H3,(H,22,23);1H. The Morgan fingerprint density at radius 3 is 2.36 bits per heavy atom. The van der Waals surface area contributed by atoms with Crippen molar-refractivity contribution in [3.05, 3.63) is 71.0 Å². The predicted octanol–water partition coefficient (Wildman–Crippen LogP) is 4.35. The SMILES string of the molecule is Cc1ccc(C(N)C(=O)NC(C)c2oc3ccccc3c2C)cc1.Cl. The zero-order chi connectivity index (χ0) is 17.3. The lowest BCUT2D eigenvalue weighted by molar-refractivity contribution is -0.123. The molecule has 0 saturated heterocycles. The summed E-state index contributed by atoms with van der Waals surface area (Å²) >= 11 is 0. The molecule has 0 aliphatic rings. The van der Waals surface area contributed by atoms with E-state index >= 15 is 0 Å². The van der Waals surface area contributed by atoms with Gasteiger partial charge in [0.1, 0.15) is 17.4 Å². The first-order valence-corrected chi connectivity index (χ1v) is 8.08. The van der Waals surface area contributed by atoms with E-state index in [0.29, 0.717) is 0 Å². The van der Waals surface area contributed by atoms with Crippen LogP contribution in [0.5, 0.6) is 0 Å². The number of para-hydroxylation sites is 1. The molecule has 2 unspecified atom stereocenters. The van der Waals surface area contributed by atoms with Gasteiger partial charge < -0.3 is 15.5 Å². The number of hydrogen-bond acceptors (Lipinski definition) is 3. The monoisotopic (exact) mass is 358 g/mol. The van der Waals surface area contributed by atoms with Gasteiger partial charge in [0.2, 0.25) is 5.91 Å². The molecular formula is C20H23ClN2O2. The van der Waals surface area contributed by atoms with Gasteiger partial charge in [-0.25, -0.2) is 0 Å². The summed E-state index contributed by atoms with van der Waals surface area (Å²) in [6, 6.07) is 14.6. The van der Waals surface area contributed by atoms with Crippen molar-refractivity contribution >= 4 is 29.3 Å². The van der Waals surface area contributed by atoms with Crippen molar-refractivity contribution in [3.8, 4) is 0 Å². The second kappa shape index (κ2) is 7.72. The molecule has 0 aliphatic carbocycles. The van der Waals surface area contributed by atoms with E-state index in [9.17, 15) is 4.79 Å². The Labute approximate surface area is 153 Å². The molecule has 132 valence electrons. The third kappa shape index (κ3) is 3.86. The van der Waals surface area contributed by atoms with Gasteiger partial charge in [0.15, 0.2) is 0 Å². The number of hydrogen-bond donors (Lipinski definition) is 2. The fourth-order valence-corrected chi connectivity index (χ4v) is 2.90. The highest BCUT2D eigenvalue weighted by Gasteiger charge is 2.22. The summed E-state index contributed by atoms with van der Waals surface area (Å²) in [6.45, 7) is 5.91. The number of rotatable bonds is 4. The molecule has 3 aromatic rings. The van der Waals surface area contributed by atoms with Crippen molar-refractivity contribution in [2.75, 3.05) is 0 Å². The zero-order valence-electron chi connectivity index (χ0n) is 14.6. The number of halogens is 1. The Morgan fingerprint density at radius 2 is 1.72 bits per heavy atom. The number of aryl methyl sites for hydroxylation is 2. The number of carbonyl (C=O) groups is 1. The van der Waals surface area contributed by atoms with Gasteiger partial charge in [-0.2, -0.15) is 0 Å². The molecule has 0 radical (unpaired) electrons. The van der Waals surface area contributed by atoms with Crippen LogP contribution in [0.2, 0.25) is 0 Å². The predicted molar refractivity (Wildman–Crippen MR) is 103 cm³/mol. The molecular weight excluding hydrogens is 336 g/mol. The van der Waals surface area contributed by atoms with Crippen LogP contribution in [0.15, 0.2) is 52.9 Å². The molecule has 25 heavy (non-hydrogen) atoms. The lowest BCUT2D eigenvalue weighted by atomic mass is 10.0. The van der Waals surface area contributed by atoms with E-state index in [0.717, 1.165) is 33.4 Å². The molecule has 0 bridgehead atoms. The molecule has 0 saturated carbocycles. The Morgan fingerprint density at radius 1 is 1.08 bits per heavy atom. The fraction of sp³-hybridized carbons (Fsp3) is 0.250. The highest BCUT2D eigenvalue weighted by Crippen LogP contribution is 2.29. The molecule has 0 aliphatic heterocycles. The van der Waals surface area contributed by atoms with E-state index in [-0.39, 0.29) is 24.4 Å². The van der Waals surface area contributed by atoms with Crippen molar-refractivity contribution in [3.63, 3.8) is 0 Å². The Bertz CT molecular complexity index is 871. The van der Waals surface area contributed by atoms with Crippen LogP contribution in [-0.2, 0) is 4.79 Å². The van der Waals surface area contributed by atoms with Crippen LogP contribution in [0.3, 0.4) is 0 Å². The first kappa shape index (κ1) is 19.0. The van der Waals surface area contributed by atoms with E-state index in [1.807, 2.05) is 69.3 Å². The van der Waals surface area contributed by atoms with Gasteiger partial charge in [-0.05, 0) is 32.4 Å². The van der Waals surface area contributed by atoms with Gasteiger partial charge in [-0.15, -0.1) is 12.4 Å². The highest BCUT2D eigenvalue weighted by molar-refractivity contribution is 5.85. The average Bonchev–Trinajstić information content (AvgIpc) is 2.92. The van der Waals surface area contributed by atoms with Gasteiger partial charge in [0.05, 0.1) is 6.04 Å². The van der Waals surface area contributed by atoms with Gasteiger partial charge in [0, 0.05) is 10.9 Å². The maximum absolute atomic E-state index is 12.5. The van der Waals surface area contributed by atoms with Crippen molar-refractivity contribution < 1.29 is 9.21 Å². The second-order valence-corrected chi connectivity index (χ2v) is 6.21. The smallest absolute Gasteiger partial charge is 0.242 e. The minimum Gasteiger partial charge on any atom is -0.459 e. The molecule has 1 amide bonds. The number of benzene rings is 2. The van der Waals surface area contributed by atoms with Gasteiger partial charge in [0.25, 0.3) is 0 Å². The lowest BCUT2D eigenvalue weighted by Crippen LogP contribution is -2.35. The number of furan rings is 1. The van der Waals surface area contributed by atoms with Crippen LogP contribution < -0.4 is 11.1 Å². The fourth-order valence-electron chi connectivity index (χ4n) is 2.90. The van der Waals surface area contributed by atoms with E-state index in [1.54, 1.807) is 0 Å². The van der Waals surface area contributed by atoms with Gasteiger partial charge in [-0.1, -0.05) is 48.0 Å². The van der Waals surface area contributed by atoms with Crippen molar-refractivity contribution in [2.24, 2.45) is 5.73 Å². The third-order valence-corrected chi connectivity index (χ3v) is 4.35. The quantitative estimate of drug-likeness (QED) is 0.728. The van der Waals surface area contributed by atoms with Crippen LogP contribution >= 0.6 is 12.4 Å². The summed E-state index contributed by atoms with van der Waals surface area (Å²) in [5.41, 5.74) is 9.89. The third-order valence-electron chi connectivity index (χ3n) is 4.35. The highest BCUT2D eigenvalue weighted by atomic mass is 35.5. The Kier molecular flexibility index (Phi) is 5.88. The maximum Gasteiger partial charge on any atom is 0.242 e. The summed E-state index contributed by atoms with van der Waals surface area (Å²) in [4.78, 5) is 12.5. The molecule has 2 aromatic carbocycles. The van der Waals surface area contributed by atoms with Crippen molar-refractivity contribution in [1.82, 2.24) is 5.32 Å². The summed E-state index contributed by atoms with van der Waals surface area (Å²) in [7, 11) is 0. The maximum atomic E-state index is 12.5. The van der Waals surface area contributed by atoms with Crippen LogP contribution in [0.4, 0.5) is 0 Å². The lowest BCUT2D eigenvalue weighted by Gasteiger charge is -2.17. The van der Waals surface area contributed by atoms with Crippen LogP contribution in [-0.4, -0.2) is 5.91 Å².